The molecule has 1 fully saturated rings. The van der Waals surface area contributed by atoms with Gasteiger partial charge in [-0.05, 0) is 83.8 Å². The van der Waals surface area contributed by atoms with Gasteiger partial charge in [0, 0.05) is 25.8 Å². The zero-order valence-corrected chi connectivity index (χ0v) is 21.1. The third kappa shape index (κ3) is 11.0. The van der Waals surface area contributed by atoms with Gasteiger partial charge in [-0.25, -0.2) is 4.79 Å². The number of hydrogen-bond donors (Lipinski definition) is 3. The number of carbonyl (C=O) groups excluding carboxylic acids is 1. The van der Waals surface area contributed by atoms with Crippen LogP contribution in [-0.2, 0) is 11.2 Å². The molecule has 0 unspecified atom stereocenters. The summed E-state index contributed by atoms with van der Waals surface area (Å²) in [5.74, 6) is 0.842. The number of rotatable bonds is 8. The second-order valence-electron chi connectivity index (χ2n) is 8.40. The van der Waals surface area contributed by atoms with Gasteiger partial charge in [-0.3, -0.25) is 10.3 Å². The number of anilines is 1. The molecule has 0 saturated carbocycles. The molecule has 7 nitrogen and oxygen atoms in total. The maximum Gasteiger partial charge on any atom is 0.412 e. The van der Waals surface area contributed by atoms with Gasteiger partial charge in [-0.2, -0.15) is 0 Å². The summed E-state index contributed by atoms with van der Waals surface area (Å²) in [4.78, 5) is 18.6. The van der Waals surface area contributed by atoms with Crippen LogP contribution >= 0.6 is 24.0 Å². The second-order valence-corrected chi connectivity index (χ2v) is 8.40. The lowest BCUT2D eigenvalue weighted by atomic mass is 10.1. The fourth-order valence-corrected chi connectivity index (χ4v) is 3.24. The Hall–Kier alpha value is -1.55. The van der Waals surface area contributed by atoms with Gasteiger partial charge in [0.15, 0.2) is 5.96 Å². The van der Waals surface area contributed by atoms with Gasteiger partial charge in [-0.1, -0.05) is 12.1 Å². The Kier molecular flexibility index (Phi) is 12.1. The number of nitrogens with zero attached hydrogens (tertiary/aromatic N) is 2. The topological polar surface area (TPSA) is 78.0 Å². The van der Waals surface area contributed by atoms with Crippen molar-refractivity contribution >= 4 is 41.7 Å². The number of aliphatic imine (C=N–C) groups is 1. The fraction of sp³-hybridized carbons (Fsp3) is 0.636. The highest BCUT2D eigenvalue weighted by atomic mass is 127. The molecular weight excluding hydrogens is 493 g/mol. The van der Waals surface area contributed by atoms with Crippen LogP contribution in [0.2, 0.25) is 0 Å². The van der Waals surface area contributed by atoms with Crippen LogP contribution in [0, 0.1) is 0 Å². The first kappa shape index (κ1) is 26.5. The maximum absolute atomic E-state index is 11.8. The molecule has 8 heteroatoms. The van der Waals surface area contributed by atoms with Gasteiger partial charge in [0.2, 0.25) is 0 Å². The lowest BCUT2D eigenvalue weighted by Crippen LogP contribution is -2.39. The van der Waals surface area contributed by atoms with Crippen LogP contribution in [0.15, 0.2) is 29.3 Å². The van der Waals surface area contributed by atoms with E-state index in [0.29, 0.717) is 0 Å². The number of nitrogens with one attached hydrogen (secondary N) is 3. The second kappa shape index (κ2) is 13.7. The lowest BCUT2D eigenvalue weighted by Gasteiger charge is -2.19. The molecule has 1 amide bonds. The summed E-state index contributed by atoms with van der Waals surface area (Å²) < 4.78 is 5.26. The molecule has 0 spiro atoms. The average Bonchev–Trinajstić information content (AvgIpc) is 3.17. The van der Waals surface area contributed by atoms with Crippen molar-refractivity contribution in [3.05, 3.63) is 29.8 Å². The van der Waals surface area contributed by atoms with Crippen LogP contribution in [0.4, 0.5) is 10.5 Å². The van der Waals surface area contributed by atoms with E-state index in [9.17, 15) is 4.79 Å². The number of carbonyl (C=O) groups is 1. The normalized spacial score (nSPS) is 14.7. The van der Waals surface area contributed by atoms with Crippen molar-refractivity contribution in [2.24, 2.45) is 4.99 Å². The van der Waals surface area contributed by atoms with E-state index < -0.39 is 11.7 Å². The van der Waals surface area contributed by atoms with Gasteiger partial charge >= 0.3 is 6.09 Å². The van der Waals surface area contributed by atoms with Gasteiger partial charge < -0.3 is 20.3 Å². The van der Waals surface area contributed by atoms with Crippen LogP contribution in [0.3, 0.4) is 0 Å². The molecule has 0 bridgehead atoms. The van der Waals surface area contributed by atoms with E-state index in [1.165, 1.54) is 31.5 Å². The minimum Gasteiger partial charge on any atom is -0.444 e. The summed E-state index contributed by atoms with van der Waals surface area (Å²) in [5, 5.41) is 9.48. The van der Waals surface area contributed by atoms with E-state index in [1.807, 2.05) is 45.0 Å². The average molecular weight is 531 g/mol. The number of likely N-dealkylation sites (tertiary alicyclic amines) is 1. The molecule has 2 rings (SSSR count). The number of hydrogen-bond acceptors (Lipinski definition) is 4. The molecule has 1 aliphatic rings. The maximum atomic E-state index is 11.8. The Morgan fingerprint density at radius 3 is 2.33 bits per heavy atom. The molecule has 1 aliphatic heterocycles. The van der Waals surface area contributed by atoms with E-state index in [2.05, 4.69) is 25.8 Å². The van der Waals surface area contributed by atoms with Crippen LogP contribution in [0.5, 0.6) is 0 Å². The van der Waals surface area contributed by atoms with E-state index >= 15 is 0 Å². The largest absolute Gasteiger partial charge is 0.444 e. The summed E-state index contributed by atoms with van der Waals surface area (Å²) in [5.41, 5.74) is 1.42. The fourth-order valence-electron chi connectivity index (χ4n) is 3.24. The SMILES string of the molecule is CN=C(NCCCN1CCCC1)NCCc1ccc(NC(=O)OC(C)(C)C)cc1.I. The monoisotopic (exact) mass is 531 g/mol. The van der Waals surface area contributed by atoms with Crippen molar-refractivity contribution in [2.45, 2.75) is 52.1 Å². The standard InChI is InChI=1S/C22H37N5O2.HI/c1-22(2,3)29-21(28)26-19-10-8-18(9-11-19)12-14-25-20(23-4)24-13-7-17-27-15-5-6-16-27;/h8-11H,5-7,12-17H2,1-4H3,(H,26,28)(H2,23,24,25);1H. The van der Waals surface area contributed by atoms with Crippen molar-refractivity contribution in [1.29, 1.82) is 0 Å². The van der Waals surface area contributed by atoms with Gasteiger partial charge in [0.05, 0.1) is 0 Å². The Morgan fingerprint density at radius 2 is 1.73 bits per heavy atom. The quantitative estimate of drug-likeness (QED) is 0.206. The molecule has 0 aliphatic carbocycles. The first-order valence-electron chi connectivity index (χ1n) is 10.6. The highest BCUT2D eigenvalue weighted by Crippen LogP contribution is 2.13. The molecule has 1 heterocycles. The number of ether oxygens (including phenoxy) is 1. The number of guanidine groups is 1. The van der Waals surface area contributed by atoms with Crippen molar-refractivity contribution < 1.29 is 9.53 Å². The summed E-state index contributed by atoms with van der Waals surface area (Å²) in [6.45, 7) is 10.9. The Labute approximate surface area is 198 Å². The third-order valence-electron chi connectivity index (χ3n) is 4.67. The van der Waals surface area contributed by atoms with Crippen molar-refractivity contribution in [2.75, 3.05) is 45.1 Å². The molecule has 1 aromatic carbocycles. The highest BCUT2D eigenvalue weighted by Gasteiger charge is 2.16. The first-order valence-corrected chi connectivity index (χ1v) is 10.6. The van der Waals surface area contributed by atoms with Gasteiger partial charge in [-0.15, -0.1) is 24.0 Å². The van der Waals surface area contributed by atoms with Crippen LogP contribution in [-0.4, -0.2) is 62.3 Å². The van der Waals surface area contributed by atoms with E-state index in [1.54, 1.807) is 7.05 Å². The van der Waals surface area contributed by atoms with E-state index in [-0.39, 0.29) is 24.0 Å². The zero-order chi connectivity index (χ0) is 21.1. The summed E-state index contributed by atoms with van der Waals surface area (Å²) in [7, 11) is 1.80. The molecule has 3 N–H and O–H groups in total. The number of amides is 1. The Bertz CT molecular complexity index is 652. The highest BCUT2D eigenvalue weighted by molar-refractivity contribution is 14.0. The van der Waals surface area contributed by atoms with Crippen LogP contribution in [0.1, 0.15) is 45.6 Å². The summed E-state index contributed by atoms with van der Waals surface area (Å²) in [6, 6.07) is 7.82. The molecular formula is C22H38IN5O2. The third-order valence-corrected chi connectivity index (χ3v) is 4.67. The van der Waals surface area contributed by atoms with Gasteiger partial charge in [0.1, 0.15) is 5.60 Å². The lowest BCUT2D eigenvalue weighted by molar-refractivity contribution is 0.0636. The predicted octanol–water partition coefficient (Wildman–Crippen LogP) is 3.85. The Balaban J connectivity index is 0.00000450. The molecule has 170 valence electrons. The molecule has 0 aromatic heterocycles. The molecule has 0 radical (unpaired) electrons. The minimum absolute atomic E-state index is 0. The van der Waals surface area contributed by atoms with Crippen molar-refractivity contribution in [3.8, 4) is 0 Å². The van der Waals surface area contributed by atoms with Gasteiger partial charge in [0.25, 0.3) is 0 Å². The number of halogens is 1. The zero-order valence-electron chi connectivity index (χ0n) is 18.8. The number of benzene rings is 1. The van der Waals surface area contributed by atoms with Crippen molar-refractivity contribution in [3.63, 3.8) is 0 Å². The smallest absolute Gasteiger partial charge is 0.412 e. The summed E-state index contributed by atoms with van der Waals surface area (Å²) >= 11 is 0. The first-order chi connectivity index (χ1) is 13.9. The summed E-state index contributed by atoms with van der Waals surface area (Å²) in [6.07, 6.45) is 4.25. The molecule has 30 heavy (non-hydrogen) atoms. The molecule has 1 aromatic rings. The van der Waals surface area contributed by atoms with E-state index in [0.717, 1.165) is 44.1 Å². The molecule has 0 atom stereocenters. The Morgan fingerprint density at radius 1 is 1.10 bits per heavy atom. The van der Waals surface area contributed by atoms with Crippen molar-refractivity contribution in [1.82, 2.24) is 15.5 Å². The van der Waals surface area contributed by atoms with E-state index in [4.69, 9.17) is 4.74 Å². The minimum atomic E-state index is -0.504. The molecule has 1 saturated heterocycles. The van der Waals surface area contributed by atoms with Crippen LogP contribution < -0.4 is 16.0 Å². The predicted molar refractivity (Wildman–Crippen MR) is 135 cm³/mol. The van der Waals surface area contributed by atoms with Crippen LogP contribution in [0.25, 0.3) is 0 Å².